The number of anilines is 1. The predicted molar refractivity (Wildman–Crippen MR) is 105 cm³/mol. The smallest absolute Gasteiger partial charge is 0.317 e. The summed E-state index contributed by atoms with van der Waals surface area (Å²) < 4.78 is 5.43. The molecule has 0 unspecified atom stereocenters. The zero-order valence-electron chi connectivity index (χ0n) is 15.7. The highest BCUT2D eigenvalue weighted by molar-refractivity contribution is 5.96. The van der Waals surface area contributed by atoms with Crippen LogP contribution in [0.4, 0.5) is 10.5 Å². The molecule has 27 heavy (non-hydrogen) atoms. The molecule has 1 heterocycles. The van der Waals surface area contributed by atoms with Gasteiger partial charge in [0.25, 0.3) is 0 Å². The number of hydrogen-bond donors (Lipinski definition) is 1. The third kappa shape index (κ3) is 4.78. The van der Waals surface area contributed by atoms with Gasteiger partial charge >= 0.3 is 6.03 Å². The molecule has 0 bridgehead atoms. The van der Waals surface area contributed by atoms with Crippen LogP contribution >= 0.6 is 0 Å². The van der Waals surface area contributed by atoms with E-state index in [0.29, 0.717) is 26.1 Å². The van der Waals surface area contributed by atoms with Gasteiger partial charge in [0.2, 0.25) is 5.91 Å². The van der Waals surface area contributed by atoms with Crippen molar-refractivity contribution >= 4 is 17.6 Å². The molecule has 6 heteroatoms. The maximum Gasteiger partial charge on any atom is 0.317 e. The van der Waals surface area contributed by atoms with Crippen molar-refractivity contribution in [2.75, 3.05) is 25.1 Å². The van der Waals surface area contributed by atoms with Crippen LogP contribution in [-0.2, 0) is 11.3 Å². The van der Waals surface area contributed by atoms with Crippen molar-refractivity contribution in [3.8, 4) is 5.75 Å². The van der Waals surface area contributed by atoms with Crippen LogP contribution in [0, 0.1) is 0 Å². The standard InChI is InChI=1S/C21H25N3O3/c1-3-27-19-11-9-18(10-12-19)24-15-17(13-20(24)25)22-21(26)23(2)14-16-7-5-4-6-8-16/h4-12,17H,3,13-15H2,1-2H3,(H,22,26)/t17-/m0/s1. The normalized spacial score (nSPS) is 16.3. The number of amides is 3. The molecule has 1 aliphatic heterocycles. The molecule has 1 N–H and O–H groups in total. The maximum absolute atomic E-state index is 12.4. The van der Waals surface area contributed by atoms with Gasteiger partial charge in [0.05, 0.1) is 12.6 Å². The van der Waals surface area contributed by atoms with E-state index in [4.69, 9.17) is 4.74 Å². The first-order valence-corrected chi connectivity index (χ1v) is 9.15. The second kappa shape index (κ2) is 8.58. The zero-order chi connectivity index (χ0) is 19.2. The van der Waals surface area contributed by atoms with E-state index in [1.165, 1.54) is 0 Å². The molecule has 0 aliphatic carbocycles. The highest BCUT2D eigenvalue weighted by Gasteiger charge is 2.32. The highest BCUT2D eigenvalue weighted by Crippen LogP contribution is 2.24. The fourth-order valence-electron chi connectivity index (χ4n) is 3.16. The van der Waals surface area contributed by atoms with Gasteiger partial charge in [0.15, 0.2) is 0 Å². The van der Waals surface area contributed by atoms with Crippen molar-refractivity contribution < 1.29 is 14.3 Å². The maximum atomic E-state index is 12.4. The van der Waals surface area contributed by atoms with Crippen molar-refractivity contribution in [2.45, 2.75) is 25.9 Å². The summed E-state index contributed by atoms with van der Waals surface area (Å²) in [5.41, 5.74) is 1.88. The minimum atomic E-state index is -0.199. The molecule has 2 aromatic rings. The molecular weight excluding hydrogens is 342 g/mol. The summed E-state index contributed by atoms with van der Waals surface area (Å²) in [6.07, 6.45) is 0.304. The molecule has 0 spiro atoms. The summed E-state index contributed by atoms with van der Waals surface area (Å²) in [5.74, 6) is 0.787. The predicted octanol–water partition coefficient (Wildman–Crippen LogP) is 3.03. The van der Waals surface area contributed by atoms with Crippen LogP contribution < -0.4 is 15.0 Å². The minimum absolute atomic E-state index is 0.00942. The van der Waals surface area contributed by atoms with E-state index in [1.807, 2.05) is 61.5 Å². The number of hydrogen-bond acceptors (Lipinski definition) is 3. The van der Waals surface area contributed by atoms with Crippen LogP contribution in [0.25, 0.3) is 0 Å². The number of urea groups is 1. The Bertz CT molecular complexity index is 777. The highest BCUT2D eigenvalue weighted by atomic mass is 16.5. The third-order valence-electron chi connectivity index (χ3n) is 4.52. The van der Waals surface area contributed by atoms with Crippen molar-refractivity contribution in [1.82, 2.24) is 10.2 Å². The Balaban J connectivity index is 1.56. The second-order valence-electron chi connectivity index (χ2n) is 6.62. The van der Waals surface area contributed by atoms with E-state index in [-0.39, 0.29) is 18.0 Å². The van der Waals surface area contributed by atoms with Crippen LogP contribution in [0.15, 0.2) is 54.6 Å². The van der Waals surface area contributed by atoms with Crippen molar-refractivity contribution in [3.05, 3.63) is 60.2 Å². The number of ether oxygens (including phenoxy) is 1. The van der Waals surface area contributed by atoms with Crippen molar-refractivity contribution in [3.63, 3.8) is 0 Å². The molecule has 3 amide bonds. The van der Waals surface area contributed by atoms with E-state index >= 15 is 0 Å². The van der Waals surface area contributed by atoms with Gasteiger partial charge in [0, 0.05) is 32.2 Å². The number of carbonyl (C=O) groups is 2. The van der Waals surface area contributed by atoms with E-state index in [2.05, 4.69) is 5.32 Å². The van der Waals surface area contributed by atoms with Gasteiger partial charge in [0.1, 0.15) is 5.75 Å². The van der Waals surface area contributed by atoms with Crippen LogP contribution in [0.5, 0.6) is 5.75 Å². The second-order valence-corrected chi connectivity index (χ2v) is 6.62. The molecule has 0 saturated carbocycles. The fraction of sp³-hybridized carbons (Fsp3) is 0.333. The Kier molecular flexibility index (Phi) is 5.96. The molecule has 142 valence electrons. The van der Waals surface area contributed by atoms with Crippen molar-refractivity contribution in [1.29, 1.82) is 0 Å². The van der Waals surface area contributed by atoms with Gasteiger partial charge < -0.3 is 19.9 Å². The van der Waals surface area contributed by atoms with Gasteiger partial charge in [-0.2, -0.15) is 0 Å². The Morgan fingerprint density at radius 3 is 2.56 bits per heavy atom. The Morgan fingerprint density at radius 2 is 1.89 bits per heavy atom. The Hall–Kier alpha value is -3.02. The summed E-state index contributed by atoms with van der Waals surface area (Å²) >= 11 is 0. The molecule has 6 nitrogen and oxygen atoms in total. The van der Waals surface area contributed by atoms with E-state index < -0.39 is 0 Å². The Morgan fingerprint density at radius 1 is 1.19 bits per heavy atom. The quantitative estimate of drug-likeness (QED) is 0.854. The molecule has 0 radical (unpaired) electrons. The molecule has 2 aromatic carbocycles. The van der Waals surface area contributed by atoms with Gasteiger partial charge in [-0.15, -0.1) is 0 Å². The van der Waals surface area contributed by atoms with Gasteiger partial charge in [-0.3, -0.25) is 4.79 Å². The summed E-state index contributed by atoms with van der Waals surface area (Å²) in [6, 6.07) is 16.9. The zero-order valence-corrected chi connectivity index (χ0v) is 15.7. The molecule has 1 fully saturated rings. The Labute approximate surface area is 159 Å². The van der Waals surface area contributed by atoms with Gasteiger partial charge in [-0.05, 0) is 36.8 Å². The fourth-order valence-corrected chi connectivity index (χ4v) is 3.16. The van der Waals surface area contributed by atoms with Gasteiger partial charge in [-0.25, -0.2) is 4.79 Å². The average Bonchev–Trinajstić information content (AvgIpc) is 3.03. The lowest BCUT2D eigenvalue weighted by atomic mass is 10.2. The largest absolute Gasteiger partial charge is 0.494 e. The lowest BCUT2D eigenvalue weighted by Gasteiger charge is -2.21. The van der Waals surface area contributed by atoms with Crippen LogP contribution in [-0.4, -0.2) is 43.1 Å². The van der Waals surface area contributed by atoms with Crippen LogP contribution in [0.3, 0.4) is 0 Å². The summed E-state index contributed by atoms with van der Waals surface area (Å²) in [6.45, 7) is 3.53. The lowest BCUT2D eigenvalue weighted by Crippen LogP contribution is -2.43. The van der Waals surface area contributed by atoms with Gasteiger partial charge in [-0.1, -0.05) is 30.3 Å². The molecule has 1 aliphatic rings. The minimum Gasteiger partial charge on any atom is -0.494 e. The summed E-state index contributed by atoms with van der Waals surface area (Å²) in [4.78, 5) is 28.1. The monoisotopic (exact) mass is 367 g/mol. The van der Waals surface area contributed by atoms with Crippen LogP contribution in [0.2, 0.25) is 0 Å². The first-order valence-electron chi connectivity index (χ1n) is 9.15. The average molecular weight is 367 g/mol. The molecule has 0 aromatic heterocycles. The lowest BCUT2D eigenvalue weighted by molar-refractivity contribution is -0.117. The first-order chi connectivity index (χ1) is 13.1. The molecule has 1 saturated heterocycles. The third-order valence-corrected chi connectivity index (χ3v) is 4.52. The first kappa shape index (κ1) is 18.8. The van der Waals surface area contributed by atoms with E-state index in [0.717, 1.165) is 17.0 Å². The molecular formula is C21H25N3O3. The molecule has 1 atom stereocenters. The number of carbonyl (C=O) groups excluding carboxylic acids is 2. The van der Waals surface area contributed by atoms with E-state index in [9.17, 15) is 9.59 Å². The number of rotatable bonds is 6. The van der Waals surface area contributed by atoms with E-state index in [1.54, 1.807) is 16.8 Å². The number of nitrogens with one attached hydrogen (secondary N) is 1. The number of nitrogens with zero attached hydrogens (tertiary/aromatic N) is 2. The topological polar surface area (TPSA) is 61.9 Å². The number of benzene rings is 2. The molecule has 3 rings (SSSR count). The van der Waals surface area contributed by atoms with Crippen molar-refractivity contribution in [2.24, 2.45) is 0 Å². The SMILES string of the molecule is CCOc1ccc(N2C[C@@H](NC(=O)N(C)Cc3ccccc3)CC2=O)cc1. The van der Waals surface area contributed by atoms with Crippen LogP contribution in [0.1, 0.15) is 18.9 Å². The summed E-state index contributed by atoms with van der Waals surface area (Å²) in [5, 5.41) is 2.96. The summed E-state index contributed by atoms with van der Waals surface area (Å²) in [7, 11) is 1.75.